The van der Waals surface area contributed by atoms with Gasteiger partial charge in [0.1, 0.15) is 11.4 Å². The molecular formula is C26H12F8N4O2S2. The number of rotatable bonds is 4. The number of hydrogen-bond acceptors (Lipinski definition) is 6. The number of nitrogens with two attached hydrogens (primary N) is 4. The van der Waals surface area contributed by atoms with Crippen LogP contribution in [0.4, 0.5) is 46.5 Å². The third kappa shape index (κ3) is 4.20. The van der Waals surface area contributed by atoms with Crippen molar-refractivity contribution in [3.05, 3.63) is 81.9 Å². The smallest absolute Gasteiger partial charge is 0.250 e. The highest BCUT2D eigenvalue weighted by Gasteiger charge is 2.36. The number of carbonyl (C=O) groups is 2. The van der Waals surface area contributed by atoms with E-state index in [0.717, 1.165) is 17.8 Å². The average molecular weight is 629 g/mol. The third-order valence-corrected chi connectivity index (χ3v) is 8.83. The predicted octanol–water partition coefficient (Wildman–Crippen LogP) is 6.11. The average Bonchev–Trinajstić information content (AvgIpc) is 2.95. The molecule has 2 amide bonds. The molecule has 0 aromatic heterocycles. The van der Waals surface area contributed by atoms with Crippen LogP contribution in [0.3, 0.4) is 0 Å². The van der Waals surface area contributed by atoms with Crippen LogP contribution in [0.15, 0.2) is 43.8 Å². The standard InChI is InChI=1S/C26H12F8N4O2S2/c27-14-11(15(28)19(32)22(35)18(14)31)6-4-9-24(42-8-3-5(25(37)39)1-2-7(8)41-9)12(10(6)26(38)40)13-16(29)20(33)23(36)21(34)17(13)30/h1-4H,35-36H2,(H2,37,39)(H2,38,40). The molecule has 42 heavy (non-hydrogen) atoms. The molecular weight excluding hydrogens is 616 g/mol. The van der Waals surface area contributed by atoms with Gasteiger partial charge in [-0.05, 0) is 24.3 Å². The number of halogens is 8. The van der Waals surface area contributed by atoms with E-state index in [4.69, 9.17) is 22.9 Å². The molecule has 0 bridgehead atoms. The largest absolute Gasteiger partial charge is 0.394 e. The molecule has 1 aliphatic rings. The molecule has 16 heteroatoms. The number of amides is 2. The van der Waals surface area contributed by atoms with Gasteiger partial charge in [0.15, 0.2) is 46.5 Å². The van der Waals surface area contributed by atoms with Gasteiger partial charge in [-0.2, -0.15) is 0 Å². The van der Waals surface area contributed by atoms with E-state index in [1.165, 1.54) is 18.2 Å². The zero-order valence-corrected chi connectivity index (χ0v) is 21.9. The first-order valence-corrected chi connectivity index (χ1v) is 12.8. The zero-order chi connectivity index (χ0) is 30.9. The minimum atomic E-state index is -2.12. The van der Waals surface area contributed by atoms with Crippen molar-refractivity contribution in [1.29, 1.82) is 0 Å². The number of nitrogen functional groups attached to an aromatic ring is 2. The van der Waals surface area contributed by atoms with Crippen LogP contribution in [0.25, 0.3) is 22.3 Å². The highest BCUT2D eigenvalue weighted by molar-refractivity contribution is 8.05. The molecule has 0 atom stereocenters. The van der Waals surface area contributed by atoms with Gasteiger partial charge >= 0.3 is 0 Å². The van der Waals surface area contributed by atoms with E-state index in [-0.39, 0.29) is 20.2 Å². The van der Waals surface area contributed by atoms with Crippen molar-refractivity contribution in [2.45, 2.75) is 19.6 Å². The molecule has 1 aliphatic heterocycles. The Morgan fingerprint density at radius 3 is 1.52 bits per heavy atom. The molecule has 0 unspecified atom stereocenters. The van der Waals surface area contributed by atoms with Crippen LogP contribution in [-0.4, -0.2) is 11.8 Å². The van der Waals surface area contributed by atoms with Gasteiger partial charge in [0, 0.05) is 36.3 Å². The second kappa shape index (κ2) is 10.1. The molecule has 0 radical (unpaired) electrons. The Balaban J connectivity index is 1.99. The van der Waals surface area contributed by atoms with Gasteiger partial charge in [-0.15, -0.1) is 0 Å². The monoisotopic (exact) mass is 628 g/mol. The van der Waals surface area contributed by atoms with Crippen molar-refractivity contribution in [3.8, 4) is 22.3 Å². The van der Waals surface area contributed by atoms with Crippen molar-refractivity contribution in [2.24, 2.45) is 11.5 Å². The van der Waals surface area contributed by atoms with Crippen LogP contribution >= 0.6 is 23.5 Å². The van der Waals surface area contributed by atoms with Gasteiger partial charge in [-0.25, -0.2) is 35.1 Å². The third-order valence-electron chi connectivity index (χ3n) is 6.27. The van der Waals surface area contributed by atoms with E-state index in [9.17, 15) is 27.2 Å². The van der Waals surface area contributed by atoms with E-state index in [2.05, 4.69) is 0 Å². The summed E-state index contributed by atoms with van der Waals surface area (Å²) in [7, 11) is 0. The fraction of sp³-hybridized carbons (Fsp3) is 0. The van der Waals surface area contributed by atoms with E-state index >= 15 is 17.6 Å². The van der Waals surface area contributed by atoms with Crippen molar-refractivity contribution < 1.29 is 44.7 Å². The zero-order valence-electron chi connectivity index (χ0n) is 20.3. The summed E-state index contributed by atoms with van der Waals surface area (Å²) in [6.07, 6.45) is 0. The van der Waals surface area contributed by atoms with Gasteiger partial charge < -0.3 is 22.9 Å². The number of benzene rings is 4. The quantitative estimate of drug-likeness (QED) is 0.108. The summed E-state index contributed by atoms with van der Waals surface area (Å²) in [6.45, 7) is 0. The van der Waals surface area contributed by atoms with Gasteiger partial charge in [0.25, 0.3) is 0 Å². The molecule has 0 aliphatic carbocycles. The number of carbonyl (C=O) groups excluding carboxylic acids is 2. The molecule has 4 aromatic carbocycles. The van der Waals surface area contributed by atoms with Crippen molar-refractivity contribution in [1.82, 2.24) is 0 Å². The Kier molecular flexibility index (Phi) is 7.01. The highest BCUT2D eigenvalue weighted by Crippen LogP contribution is 2.56. The molecule has 6 nitrogen and oxygen atoms in total. The molecule has 5 rings (SSSR count). The molecule has 0 saturated carbocycles. The van der Waals surface area contributed by atoms with Gasteiger partial charge in [-0.3, -0.25) is 9.59 Å². The molecule has 4 aromatic rings. The number of fused-ring (bicyclic) bond motifs is 2. The summed E-state index contributed by atoms with van der Waals surface area (Å²) in [5, 5.41) is 0. The molecule has 0 fully saturated rings. The topological polar surface area (TPSA) is 138 Å². The van der Waals surface area contributed by atoms with Crippen molar-refractivity contribution in [3.63, 3.8) is 0 Å². The molecule has 0 spiro atoms. The minimum absolute atomic E-state index is 0.0162. The van der Waals surface area contributed by atoms with E-state index in [1.807, 2.05) is 0 Å². The first-order chi connectivity index (χ1) is 19.7. The lowest BCUT2D eigenvalue weighted by Gasteiger charge is -2.26. The fourth-order valence-corrected chi connectivity index (χ4v) is 6.76. The Hall–Kier alpha value is -4.44. The number of primary amides is 2. The summed E-state index contributed by atoms with van der Waals surface area (Å²) in [5.74, 6) is -19.3. The summed E-state index contributed by atoms with van der Waals surface area (Å²) >= 11 is 1.37. The highest BCUT2D eigenvalue weighted by atomic mass is 32.2. The Morgan fingerprint density at radius 2 is 1.05 bits per heavy atom. The summed E-state index contributed by atoms with van der Waals surface area (Å²) in [5.41, 5.74) is 11.5. The van der Waals surface area contributed by atoms with Crippen LogP contribution < -0.4 is 22.9 Å². The van der Waals surface area contributed by atoms with E-state index < -0.39 is 97.5 Å². The second-order valence-electron chi connectivity index (χ2n) is 8.68. The first kappa shape index (κ1) is 29.1. The first-order valence-electron chi connectivity index (χ1n) is 11.2. The maximum Gasteiger partial charge on any atom is 0.250 e. The van der Waals surface area contributed by atoms with E-state index in [1.54, 1.807) is 0 Å². The molecule has 1 heterocycles. The normalized spacial score (nSPS) is 12.2. The van der Waals surface area contributed by atoms with E-state index in [0.29, 0.717) is 16.7 Å². The van der Waals surface area contributed by atoms with Gasteiger partial charge in [-0.1, -0.05) is 23.5 Å². The van der Waals surface area contributed by atoms with Gasteiger partial charge in [0.05, 0.1) is 16.7 Å². The van der Waals surface area contributed by atoms with Crippen LogP contribution in [0.2, 0.25) is 0 Å². The summed E-state index contributed by atoms with van der Waals surface area (Å²) in [4.78, 5) is 24.6. The minimum Gasteiger partial charge on any atom is -0.394 e. The lowest BCUT2D eigenvalue weighted by atomic mass is 9.89. The number of hydrogen-bond donors (Lipinski definition) is 4. The van der Waals surface area contributed by atoms with Crippen LogP contribution in [-0.2, 0) is 0 Å². The Bertz CT molecular complexity index is 1860. The Labute approximate surface area is 238 Å². The molecule has 216 valence electrons. The summed E-state index contributed by atoms with van der Waals surface area (Å²) in [6, 6.07) is 4.82. The SMILES string of the molecule is NC(=O)c1ccc2c(c1)Sc1c(cc(-c3c(F)c(F)c(N)c(F)c3F)c(C(N)=O)c1-c1c(F)c(F)c(N)c(F)c1F)S2. The van der Waals surface area contributed by atoms with Crippen LogP contribution in [0.5, 0.6) is 0 Å². The van der Waals surface area contributed by atoms with Gasteiger partial charge in [0.2, 0.25) is 11.8 Å². The maximum absolute atomic E-state index is 15.4. The Morgan fingerprint density at radius 1 is 0.548 bits per heavy atom. The molecule has 8 N–H and O–H groups in total. The number of anilines is 2. The predicted molar refractivity (Wildman–Crippen MR) is 138 cm³/mol. The summed E-state index contributed by atoms with van der Waals surface area (Å²) < 4.78 is 119. The fourth-order valence-electron chi connectivity index (χ4n) is 4.32. The lowest BCUT2D eigenvalue weighted by Crippen LogP contribution is -2.18. The maximum atomic E-state index is 15.4. The second-order valence-corrected chi connectivity index (χ2v) is 10.8. The van der Waals surface area contributed by atoms with Crippen LogP contribution in [0.1, 0.15) is 20.7 Å². The molecule has 0 saturated heterocycles. The lowest BCUT2D eigenvalue weighted by molar-refractivity contribution is 0.0992. The van der Waals surface area contributed by atoms with Crippen molar-refractivity contribution in [2.75, 3.05) is 11.5 Å². The van der Waals surface area contributed by atoms with Crippen molar-refractivity contribution >= 4 is 46.7 Å². The van der Waals surface area contributed by atoms with Crippen LogP contribution in [0, 0.1) is 46.5 Å².